The van der Waals surface area contributed by atoms with Gasteiger partial charge < -0.3 is 29.4 Å². The number of hydrogen-bond acceptors (Lipinski definition) is 8. The van der Waals surface area contributed by atoms with E-state index >= 15 is 0 Å². The third kappa shape index (κ3) is 13.6. The molecule has 0 radical (unpaired) electrons. The van der Waals surface area contributed by atoms with Crippen LogP contribution in [0.1, 0.15) is 67.7 Å². The first-order valence-electron chi connectivity index (χ1n) is 15.2. The molecule has 0 saturated carbocycles. The first kappa shape index (κ1) is 34.1. The van der Waals surface area contributed by atoms with E-state index in [1.54, 1.807) is 12.1 Å². The number of aliphatic carboxylic acids is 1. The normalized spacial score (nSPS) is 13.0. The van der Waals surface area contributed by atoms with E-state index in [0.717, 1.165) is 63.0 Å². The fraction of sp³-hybridized carbons (Fsp3) is 0.613. The Balaban J connectivity index is 1.29. The van der Waals surface area contributed by atoms with Crippen molar-refractivity contribution in [1.82, 2.24) is 4.98 Å². The minimum absolute atomic E-state index is 0.0382. The summed E-state index contributed by atoms with van der Waals surface area (Å²) in [6.45, 7) is 3.63. The van der Waals surface area contributed by atoms with Gasteiger partial charge >= 0.3 is 5.97 Å². The number of anilines is 1. The van der Waals surface area contributed by atoms with Crippen LogP contribution in [-0.4, -0.2) is 75.4 Å². The monoisotopic (exact) mass is 601 g/mol. The number of benzene rings is 1. The van der Waals surface area contributed by atoms with Gasteiger partial charge in [0.15, 0.2) is 11.6 Å². The molecule has 1 aliphatic heterocycles. The number of hydrogen-bond donors (Lipinski definition) is 2. The van der Waals surface area contributed by atoms with Crippen LogP contribution in [0.4, 0.5) is 10.2 Å². The number of nitrogens with one attached hydrogen (secondary N) is 1. The number of carboxylic acid groups (broad SMARTS) is 1. The second-order valence-corrected chi connectivity index (χ2v) is 10.4. The molecule has 0 fully saturated rings. The summed E-state index contributed by atoms with van der Waals surface area (Å²) in [7, 11) is 0. The number of pyridine rings is 1. The Bertz CT molecular complexity index is 1160. The number of carboxylic acids is 1. The molecule has 0 aliphatic carbocycles. The lowest BCUT2D eigenvalue weighted by atomic mass is 9.90. The molecule has 3 rings (SSSR count). The molecule has 0 saturated heterocycles. The lowest BCUT2D eigenvalue weighted by Gasteiger charge is -2.17. The Morgan fingerprint density at radius 2 is 1.77 bits per heavy atom. The van der Waals surface area contributed by atoms with Crippen molar-refractivity contribution in [2.45, 2.75) is 63.7 Å². The zero-order chi connectivity index (χ0) is 30.5. The second kappa shape index (κ2) is 20.5. The summed E-state index contributed by atoms with van der Waals surface area (Å²) in [5.74, 6) is -0.519. The zero-order valence-corrected chi connectivity index (χ0v) is 24.8. The summed E-state index contributed by atoms with van der Waals surface area (Å²) < 4.78 is 36.3. The van der Waals surface area contributed by atoms with Crippen molar-refractivity contribution in [3.05, 3.63) is 63.4 Å². The summed E-state index contributed by atoms with van der Waals surface area (Å²) in [5, 5.41) is 16.2. The van der Waals surface area contributed by atoms with Gasteiger partial charge in [0.25, 0.3) is 0 Å². The van der Waals surface area contributed by atoms with Crippen LogP contribution < -0.4 is 10.1 Å². The van der Waals surface area contributed by atoms with Crippen LogP contribution in [0.15, 0.2) is 35.4 Å². The molecule has 43 heavy (non-hydrogen) atoms. The molecule has 2 N–H and O–H groups in total. The number of unbranched alkanes of at least 4 members (excludes halogenated alkanes) is 3. The highest BCUT2D eigenvalue weighted by molar-refractivity contribution is 5.68. The van der Waals surface area contributed by atoms with Gasteiger partial charge in [-0.15, -0.1) is 0 Å². The van der Waals surface area contributed by atoms with Crippen LogP contribution in [0.2, 0.25) is 0 Å². The fourth-order valence-electron chi connectivity index (χ4n) is 4.95. The summed E-state index contributed by atoms with van der Waals surface area (Å²) in [5.41, 5.74) is 11.2. The smallest absolute Gasteiger partial charge is 0.303 e. The molecule has 1 aliphatic rings. The summed E-state index contributed by atoms with van der Waals surface area (Å²) >= 11 is 0. The molecule has 1 unspecified atom stereocenters. The predicted molar refractivity (Wildman–Crippen MR) is 161 cm³/mol. The predicted octanol–water partition coefficient (Wildman–Crippen LogP) is 6.07. The van der Waals surface area contributed by atoms with E-state index in [2.05, 4.69) is 27.5 Å². The maximum atomic E-state index is 14.8. The Hall–Kier alpha value is -3.44. The highest BCUT2D eigenvalue weighted by Crippen LogP contribution is 2.30. The highest BCUT2D eigenvalue weighted by Gasteiger charge is 2.18. The molecular weight excluding hydrogens is 557 g/mol. The summed E-state index contributed by atoms with van der Waals surface area (Å²) in [4.78, 5) is 18.9. The van der Waals surface area contributed by atoms with Crippen molar-refractivity contribution in [3.8, 4) is 5.75 Å². The standard InChI is InChI=1S/C31H44FN5O6/c32-28-22-26(10-12-29(28)43-21-20-42-19-18-41-17-16-40-15-14-35-37-33)25(23-30(38)39)6-3-1-2-4-8-27-11-9-24-7-5-13-34-31(24)36-27/h9-12,22,25H,1-8,13-21,23H2,(H,34,36)(H,38,39). The summed E-state index contributed by atoms with van der Waals surface area (Å²) in [6, 6.07) is 9.01. The molecule has 1 aromatic carbocycles. The van der Waals surface area contributed by atoms with E-state index in [1.165, 1.54) is 11.6 Å². The molecule has 0 amide bonds. The number of aryl methyl sites for hydroxylation is 2. The van der Waals surface area contributed by atoms with Gasteiger partial charge in [0, 0.05) is 23.7 Å². The van der Waals surface area contributed by atoms with Crippen molar-refractivity contribution < 1.29 is 33.2 Å². The third-order valence-corrected chi connectivity index (χ3v) is 7.16. The van der Waals surface area contributed by atoms with Crippen molar-refractivity contribution in [2.75, 3.05) is 64.7 Å². The average molecular weight is 602 g/mol. The number of aromatic nitrogens is 1. The number of fused-ring (bicyclic) bond motifs is 1. The van der Waals surface area contributed by atoms with Crippen LogP contribution >= 0.6 is 0 Å². The van der Waals surface area contributed by atoms with Gasteiger partial charge in [-0.2, -0.15) is 0 Å². The molecule has 0 bridgehead atoms. The van der Waals surface area contributed by atoms with Crippen molar-refractivity contribution in [3.63, 3.8) is 0 Å². The molecule has 2 aromatic rings. The first-order valence-corrected chi connectivity index (χ1v) is 15.2. The number of rotatable bonds is 23. The lowest BCUT2D eigenvalue weighted by molar-refractivity contribution is -0.137. The third-order valence-electron chi connectivity index (χ3n) is 7.16. The van der Waals surface area contributed by atoms with Gasteiger partial charge in [0.2, 0.25) is 0 Å². The number of azide groups is 1. The Kier molecular flexibility index (Phi) is 16.2. The number of nitrogens with zero attached hydrogens (tertiary/aromatic N) is 4. The Labute approximate surface area is 252 Å². The molecule has 12 heteroatoms. The van der Waals surface area contributed by atoms with E-state index in [4.69, 9.17) is 29.5 Å². The van der Waals surface area contributed by atoms with Crippen LogP contribution in [0.3, 0.4) is 0 Å². The fourth-order valence-corrected chi connectivity index (χ4v) is 4.95. The number of halogens is 1. The van der Waals surface area contributed by atoms with E-state index in [1.807, 2.05) is 0 Å². The molecule has 2 heterocycles. The molecule has 1 aromatic heterocycles. The number of carbonyl (C=O) groups is 1. The maximum Gasteiger partial charge on any atom is 0.303 e. The van der Waals surface area contributed by atoms with Gasteiger partial charge in [0.1, 0.15) is 12.4 Å². The van der Waals surface area contributed by atoms with Crippen LogP contribution in [0, 0.1) is 5.82 Å². The van der Waals surface area contributed by atoms with Gasteiger partial charge in [0.05, 0.1) is 46.1 Å². The summed E-state index contributed by atoms with van der Waals surface area (Å²) in [6.07, 6.45) is 7.74. The van der Waals surface area contributed by atoms with Crippen LogP contribution in [-0.2, 0) is 31.8 Å². The maximum absolute atomic E-state index is 14.8. The minimum atomic E-state index is -0.892. The van der Waals surface area contributed by atoms with Crippen LogP contribution in [0.25, 0.3) is 10.4 Å². The minimum Gasteiger partial charge on any atom is -0.488 e. The largest absolute Gasteiger partial charge is 0.488 e. The van der Waals surface area contributed by atoms with Crippen molar-refractivity contribution >= 4 is 11.8 Å². The highest BCUT2D eigenvalue weighted by atomic mass is 19.1. The Morgan fingerprint density at radius 3 is 2.51 bits per heavy atom. The second-order valence-electron chi connectivity index (χ2n) is 10.4. The number of ether oxygens (including phenoxy) is 4. The Morgan fingerprint density at radius 1 is 1.02 bits per heavy atom. The van der Waals surface area contributed by atoms with Gasteiger partial charge in [-0.3, -0.25) is 4.79 Å². The van der Waals surface area contributed by atoms with E-state index in [9.17, 15) is 14.3 Å². The van der Waals surface area contributed by atoms with E-state index in [0.29, 0.717) is 51.6 Å². The van der Waals surface area contributed by atoms with Crippen molar-refractivity contribution in [2.24, 2.45) is 5.11 Å². The first-order chi connectivity index (χ1) is 21.1. The van der Waals surface area contributed by atoms with E-state index < -0.39 is 11.8 Å². The van der Waals surface area contributed by atoms with Gasteiger partial charge in [-0.05, 0) is 72.9 Å². The zero-order valence-electron chi connectivity index (χ0n) is 24.8. The molecule has 236 valence electrons. The van der Waals surface area contributed by atoms with E-state index in [-0.39, 0.29) is 31.3 Å². The van der Waals surface area contributed by atoms with Gasteiger partial charge in [-0.25, -0.2) is 9.37 Å². The van der Waals surface area contributed by atoms with Crippen molar-refractivity contribution in [1.29, 1.82) is 0 Å². The SMILES string of the molecule is [N-]=[N+]=NCCOCCOCCOCCOc1ccc(C(CCCCCCc2ccc3c(n2)NCCC3)CC(=O)O)cc1F. The molecule has 1 atom stereocenters. The van der Waals surface area contributed by atoms with Gasteiger partial charge in [-0.1, -0.05) is 36.5 Å². The molecule has 11 nitrogen and oxygen atoms in total. The average Bonchev–Trinajstić information content (AvgIpc) is 3.01. The lowest BCUT2D eigenvalue weighted by Crippen LogP contribution is -2.14. The topological polar surface area (TPSA) is 148 Å². The quantitative estimate of drug-likeness (QED) is 0.0675. The van der Waals surface area contributed by atoms with Crippen LogP contribution in [0.5, 0.6) is 5.75 Å². The molecular formula is C31H44FN5O6. The molecule has 0 spiro atoms.